The van der Waals surface area contributed by atoms with Crippen molar-refractivity contribution in [1.82, 2.24) is 9.69 Å². The lowest BCUT2D eigenvalue weighted by atomic mass is 10.1. The minimum absolute atomic E-state index is 0.0773. The third-order valence-corrected chi connectivity index (χ3v) is 7.08. The van der Waals surface area contributed by atoms with Crippen LogP contribution < -0.4 is 21.7 Å². The normalized spacial score (nSPS) is 16.2. The Bertz CT molecular complexity index is 1190. The lowest BCUT2D eigenvalue weighted by Gasteiger charge is -2.30. The largest absolute Gasteiger partial charge is 0.395 e. The highest BCUT2D eigenvalue weighted by Gasteiger charge is 2.37. The van der Waals surface area contributed by atoms with Crippen LogP contribution in [0.15, 0.2) is 41.8 Å². The summed E-state index contributed by atoms with van der Waals surface area (Å²) in [6.45, 7) is 0.913. The second-order valence-corrected chi connectivity index (χ2v) is 9.34. The maximum atomic E-state index is 14.2. The van der Waals surface area contributed by atoms with Crippen molar-refractivity contribution < 1.29 is 23.5 Å². The van der Waals surface area contributed by atoms with Gasteiger partial charge >= 0.3 is 0 Å². The number of aromatic nitrogens is 1. The Kier molecular flexibility index (Phi) is 7.20. The Morgan fingerprint density at radius 3 is 2.74 bits per heavy atom. The van der Waals surface area contributed by atoms with Gasteiger partial charge in [0.2, 0.25) is 5.91 Å². The average Bonchev–Trinajstić information content (AvgIpc) is 3.57. The Morgan fingerprint density at radius 2 is 2.12 bits per heavy atom. The lowest BCUT2D eigenvalue weighted by molar-refractivity contribution is -0.122. The molecule has 34 heavy (non-hydrogen) atoms. The number of carbonyl (C=O) groups is 3. The molecular weight excluding hydrogens is 481 g/mol. The van der Waals surface area contributed by atoms with Crippen LogP contribution in [0.5, 0.6) is 0 Å². The van der Waals surface area contributed by atoms with Crippen LogP contribution in [0.3, 0.4) is 0 Å². The molecule has 0 unspecified atom stereocenters. The van der Waals surface area contributed by atoms with Crippen molar-refractivity contribution in [3.8, 4) is 0 Å². The van der Waals surface area contributed by atoms with Crippen LogP contribution in [0.25, 0.3) is 0 Å². The van der Waals surface area contributed by atoms with E-state index in [1.54, 1.807) is 17.5 Å². The molecule has 3 amide bonds. The van der Waals surface area contributed by atoms with E-state index in [1.165, 1.54) is 29.5 Å². The van der Waals surface area contributed by atoms with Gasteiger partial charge in [-0.15, -0.1) is 11.3 Å². The van der Waals surface area contributed by atoms with Crippen LogP contribution in [-0.2, 0) is 9.53 Å². The number of nitrogen functional groups attached to an aromatic ring is 1. The van der Waals surface area contributed by atoms with Crippen molar-refractivity contribution in [2.75, 3.05) is 23.8 Å². The van der Waals surface area contributed by atoms with Crippen molar-refractivity contribution in [2.24, 2.45) is 5.73 Å². The number of halogens is 1. The summed E-state index contributed by atoms with van der Waals surface area (Å²) >= 11 is 1.97. The van der Waals surface area contributed by atoms with E-state index in [0.29, 0.717) is 23.0 Å². The highest BCUT2D eigenvalue weighted by molar-refractivity contribution is 7.10. The second-order valence-electron chi connectivity index (χ2n) is 7.59. The van der Waals surface area contributed by atoms with E-state index in [0.717, 1.165) is 23.8 Å². The summed E-state index contributed by atoms with van der Waals surface area (Å²) < 4.78 is 23.7. The van der Waals surface area contributed by atoms with Gasteiger partial charge in [0, 0.05) is 23.7 Å². The number of nitrogens with two attached hydrogens (primary N) is 2. The molecule has 5 N–H and O–H groups in total. The third-order valence-electron chi connectivity index (χ3n) is 5.31. The fraction of sp³-hybridized carbons (Fsp3) is 0.273. The zero-order chi connectivity index (χ0) is 24.2. The molecule has 1 aliphatic heterocycles. The summed E-state index contributed by atoms with van der Waals surface area (Å²) in [6.07, 6.45) is 1.63. The number of nitrogens with zero attached hydrogens (tertiary/aromatic N) is 2. The van der Waals surface area contributed by atoms with Crippen molar-refractivity contribution in [3.63, 3.8) is 0 Å². The van der Waals surface area contributed by atoms with Gasteiger partial charge in [0.05, 0.1) is 11.8 Å². The Hall–Kier alpha value is -3.35. The smallest absolute Gasteiger partial charge is 0.273 e. The number of carbonyl (C=O) groups excluding carboxylic acids is 3. The molecule has 1 aliphatic rings. The number of anilines is 2. The van der Waals surface area contributed by atoms with E-state index in [-0.39, 0.29) is 34.6 Å². The topological polar surface area (TPSA) is 141 Å². The van der Waals surface area contributed by atoms with Gasteiger partial charge in [0.15, 0.2) is 11.7 Å². The summed E-state index contributed by atoms with van der Waals surface area (Å²) in [5.41, 5.74) is 11.0. The number of amides is 3. The van der Waals surface area contributed by atoms with Crippen LogP contribution in [-0.4, -0.2) is 41.4 Å². The molecule has 0 radical (unpaired) electrons. The highest BCUT2D eigenvalue weighted by Crippen LogP contribution is 2.35. The Labute approximate surface area is 202 Å². The molecule has 4 rings (SSSR count). The second kappa shape index (κ2) is 10.3. The van der Waals surface area contributed by atoms with Crippen molar-refractivity contribution in [1.29, 1.82) is 0 Å². The highest BCUT2D eigenvalue weighted by atomic mass is 32.1. The number of hydrogen-bond acceptors (Lipinski definition) is 8. The molecule has 0 spiro atoms. The number of rotatable bonds is 8. The molecule has 0 aliphatic carbocycles. The van der Waals surface area contributed by atoms with Gasteiger partial charge in [-0.3, -0.25) is 19.3 Å². The predicted octanol–water partition coefficient (Wildman–Crippen LogP) is 2.71. The molecule has 2 atom stereocenters. The summed E-state index contributed by atoms with van der Waals surface area (Å²) in [5, 5.41) is 4.63. The number of ether oxygens (including phenoxy) is 1. The van der Waals surface area contributed by atoms with E-state index in [4.69, 9.17) is 16.2 Å². The number of hydrogen-bond donors (Lipinski definition) is 3. The zero-order valence-corrected chi connectivity index (χ0v) is 19.5. The minimum atomic E-state index is -1.13. The number of nitrogens with one attached hydrogen (secondary N) is 1. The van der Waals surface area contributed by atoms with Gasteiger partial charge < -0.3 is 21.5 Å². The monoisotopic (exact) mass is 503 g/mol. The molecule has 178 valence electrons. The van der Waals surface area contributed by atoms with Gasteiger partial charge in [-0.1, -0.05) is 12.1 Å². The van der Waals surface area contributed by atoms with E-state index in [9.17, 15) is 18.8 Å². The maximum absolute atomic E-state index is 14.2. The van der Waals surface area contributed by atoms with E-state index in [1.807, 2.05) is 0 Å². The van der Waals surface area contributed by atoms with Crippen molar-refractivity contribution >= 4 is 52.0 Å². The van der Waals surface area contributed by atoms with Crippen molar-refractivity contribution in [3.05, 3.63) is 63.0 Å². The Balaban J connectivity index is 1.76. The first kappa shape index (κ1) is 23.8. The summed E-state index contributed by atoms with van der Waals surface area (Å²) in [4.78, 5) is 40.5. The fourth-order valence-corrected chi connectivity index (χ4v) is 5.24. The van der Waals surface area contributed by atoms with Crippen LogP contribution in [0.1, 0.15) is 43.9 Å². The molecule has 12 heteroatoms. The third kappa shape index (κ3) is 4.93. The molecule has 0 saturated carbocycles. The molecule has 1 saturated heterocycles. The molecule has 9 nitrogen and oxygen atoms in total. The summed E-state index contributed by atoms with van der Waals surface area (Å²) in [5.74, 6) is -2.64. The first-order chi connectivity index (χ1) is 16.4. The van der Waals surface area contributed by atoms with Crippen LogP contribution in [0.2, 0.25) is 0 Å². The minimum Gasteiger partial charge on any atom is -0.395 e. The van der Waals surface area contributed by atoms with E-state index in [2.05, 4.69) is 9.69 Å². The first-order valence-corrected chi connectivity index (χ1v) is 12.1. The molecule has 2 aromatic heterocycles. The molecule has 3 heterocycles. The lowest BCUT2D eigenvalue weighted by Crippen LogP contribution is -2.45. The molecule has 1 aromatic carbocycles. The van der Waals surface area contributed by atoms with Crippen molar-refractivity contribution in [2.45, 2.75) is 25.0 Å². The van der Waals surface area contributed by atoms with Gasteiger partial charge in [-0.2, -0.15) is 4.37 Å². The summed E-state index contributed by atoms with van der Waals surface area (Å²) in [7, 11) is 0. The quantitative estimate of drug-likeness (QED) is 0.432. The van der Waals surface area contributed by atoms with Gasteiger partial charge in [-0.05, 0) is 54.0 Å². The molecular formula is C22H22FN5O4S2. The standard InChI is InChI=1S/C22H22FN5O4S2/c23-12-4-1-5-13(10-12)28(22(31)19-16(24)17(20(25)29)27-34-19)18(15-7-3-9-33-15)21(30)26-11-14-6-2-8-32-14/h1,3-5,7,9-10,14,18H,2,6,8,11,24H2,(H2,25,29)(H,26,30)/t14-,18-/m1/s1. The predicted molar refractivity (Wildman–Crippen MR) is 127 cm³/mol. The Morgan fingerprint density at radius 1 is 1.29 bits per heavy atom. The van der Waals surface area contributed by atoms with Crippen LogP contribution in [0, 0.1) is 5.82 Å². The van der Waals surface area contributed by atoms with Crippen LogP contribution >= 0.6 is 22.9 Å². The number of thiophene rings is 1. The average molecular weight is 504 g/mol. The summed E-state index contributed by atoms with van der Waals surface area (Å²) in [6, 6.07) is 7.67. The maximum Gasteiger partial charge on any atom is 0.273 e. The number of primary amides is 1. The first-order valence-electron chi connectivity index (χ1n) is 10.4. The van der Waals surface area contributed by atoms with Gasteiger partial charge in [0.25, 0.3) is 11.8 Å². The fourth-order valence-electron chi connectivity index (χ4n) is 3.69. The molecule has 1 fully saturated rings. The van der Waals surface area contributed by atoms with Gasteiger partial charge in [0.1, 0.15) is 10.7 Å². The zero-order valence-electron chi connectivity index (χ0n) is 17.9. The van der Waals surface area contributed by atoms with E-state index < -0.39 is 29.6 Å². The van der Waals surface area contributed by atoms with Gasteiger partial charge in [-0.25, -0.2) is 4.39 Å². The number of benzene rings is 1. The molecule has 0 bridgehead atoms. The molecule has 3 aromatic rings. The van der Waals surface area contributed by atoms with E-state index >= 15 is 0 Å². The van der Waals surface area contributed by atoms with Crippen LogP contribution in [0.4, 0.5) is 15.8 Å². The SMILES string of the molecule is NC(=O)c1nsc(C(=O)N(c2cccc(F)c2)[C@@H](C(=O)NC[C@H]2CCCO2)c2cccs2)c1N.